The highest BCUT2D eigenvalue weighted by Crippen LogP contribution is 2.41. The maximum Gasteiger partial charge on any atom is 0.391 e. The van der Waals surface area contributed by atoms with E-state index in [1.807, 2.05) is 11.8 Å². The van der Waals surface area contributed by atoms with Gasteiger partial charge in [0.2, 0.25) is 0 Å². The van der Waals surface area contributed by atoms with E-state index in [1.165, 1.54) is 25.7 Å². The fourth-order valence-corrected chi connectivity index (χ4v) is 4.40. The Bertz CT molecular complexity index is 287. The molecule has 0 aromatic rings. The average Bonchev–Trinajstić information content (AvgIpc) is 2.85. The third-order valence-corrected chi connectivity index (χ3v) is 6.22. The largest absolute Gasteiger partial charge is 0.391 e. The van der Waals surface area contributed by atoms with Crippen LogP contribution in [-0.2, 0) is 0 Å². The summed E-state index contributed by atoms with van der Waals surface area (Å²) in [6.45, 7) is 0.878. The molecule has 0 aromatic carbocycles. The van der Waals surface area contributed by atoms with Crippen LogP contribution >= 0.6 is 11.8 Å². The molecule has 0 heterocycles. The highest BCUT2D eigenvalue weighted by Gasteiger charge is 2.42. The summed E-state index contributed by atoms with van der Waals surface area (Å²) in [6, 6.07) is 0.0602. The molecular weight excluding hydrogens is 271 g/mol. The zero-order valence-electron chi connectivity index (χ0n) is 11.6. The Morgan fingerprint density at radius 3 is 2.42 bits per heavy atom. The van der Waals surface area contributed by atoms with Crippen molar-refractivity contribution >= 4 is 11.8 Å². The zero-order chi connectivity index (χ0) is 13.9. The van der Waals surface area contributed by atoms with Crippen molar-refractivity contribution in [1.82, 2.24) is 5.32 Å². The third kappa shape index (κ3) is 4.03. The predicted octanol–water partition coefficient (Wildman–Crippen LogP) is 4.37. The molecule has 0 spiro atoms. The van der Waals surface area contributed by atoms with Crippen molar-refractivity contribution in [2.75, 3.05) is 12.8 Å². The molecule has 2 aliphatic carbocycles. The normalized spacial score (nSPS) is 31.6. The van der Waals surface area contributed by atoms with E-state index in [1.54, 1.807) is 0 Å². The van der Waals surface area contributed by atoms with Crippen molar-refractivity contribution in [3.8, 4) is 0 Å². The first kappa shape index (κ1) is 15.5. The van der Waals surface area contributed by atoms with Gasteiger partial charge in [0.15, 0.2) is 0 Å². The molecule has 1 nitrogen and oxygen atoms in total. The van der Waals surface area contributed by atoms with E-state index in [4.69, 9.17) is 0 Å². The van der Waals surface area contributed by atoms with E-state index < -0.39 is 12.1 Å². The van der Waals surface area contributed by atoms with Crippen molar-refractivity contribution < 1.29 is 13.2 Å². The van der Waals surface area contributed by atoms with Gasteiger partial charge in [0.05, 0.1) is 5.92 Å². The molecule has 2 fully saturated rings. The van der Waals surface area contributed by atoms with E-state index in [0.717, 1.165) is 13.0 Å². The molecule has 0 aromatic heterocycles. The van der Waals surface area contributed by atoms with Gasteiger partial charge in [0, 0.05) is 17.3 Å². The summed E-state index contributed by atoms with van der Waals surface area (Å²) in [7, 11) is 0. The molecule has 2 saturated carbocycles. The molecule has 2 atom stereocenters. The molecule has 1 N–H and O–H groups in total. The molecule has 0 amide bonds. The van der Waals surface area contributed by atoms with Gasteiger partial charge in [-0.25, -0.2) is 0 Å². The zero-order valence-corrected chi connectivity index (χ0v) is 12.4. The van der Waals surface area contributed by atoms with Crippen molar-refractivity contribution in [1.29, 1.82) is 0 Å². The monoisotopic (exact) mass is 295 g/mol. The first-order chi connectivity index (χ1) is 8.95. The molecular formula is C14H24F3NS. The summed E-state index contributed by atoms with van der Waals surface area (Å²) in [5, 5.41) is 3.44. The van der Waals surface area contributed by atoms with Crippen LogP contribution in [0, 0.1) is 5.92 Å². The Labute approximate surface area is 118 Å². The summed E-state index contributed by atoms with van der Waals surface area (Å²) in [5.41, 5.74) is 0. The van der Waals surface area contributed by atoms with Crippen molar-refractivity contribution in [2.45, 2.75) is 68.3 Å². The average molecular weight is 295 g/mol. The first-order valence-corrected chi connectivity index (χ1v) is 8.53. The van der Waals surface area contributed by atoms with Crippen molar-refractivity contribution in [3.05, 3.63) is 0 Å². The van der Waals surface area contributed by atoms with Crippen LogP contribution in [0.1, 0.15) is 51.4 Å². The lowest BCUT2D eigenvalue weighted by Gasteiger charge is -2.34. The second kappa shape index (κ2) is 6.25. The molecule has 0 saturated heterocycles. The van der Waals surface area contributed by atoms with Crippen LogP contribution < -0.4 is 5.32 Å². The Hall–Kier alpha value is 0.100. The fraction of sp³-hybridized carbons (Fsp3) is 1.00. The van der Waals surface area contributed by atoms with Crippen LogP contribution in [0.4, 0.5) is 13.2 Å². The smallest absolute Gasteiger partial charge is 0.313 e. The van der Waals surface area contributed by atoms with Gasteiger partial charge >= 0.3 is 6.18 Å². The van der Waals surface area contributed by atoms with Gasteiger partial charge in [-0.2, -0.15) is 24.9 Å². The number of hydrogen-bond acceptors (Lipinski definition) is 2. The highest BCUT2D eigenvalue weighted by molar-refractivity contribution is 8.00. The summed E-state index contributed by atoms with van der Waals surface area (Å²) >= 11 is 1.89. The van der Waals surface area contributed by atoms with Crippen LogP contribution in [0.3, 0.4) is 0 Å². The van der Waals surface area contributed by atoms with Gasteiger partial charge in [0.1, 0.15) is 0 Å². The maximum absolute atomic E-state index is 12.8. The summed E-state index contributed by atoms with van der Waals surface area (Å²) < 4.78 is 38.6. The predicted molar refractivity (Wildman–Crippen MR) is 74.5 cm³/mol. The summed E-state index contributed by atoms with van der Waals surface area (Å²) in [5.74, 6) is -1.09. The minimum absolute atomic E-state index is 0.0602. The van der Waals surface area contributed by atoms with E-state index in [9.17, 15) is 13.2 Å². The molecule has 0 bridgehead atoms. The molecule has 0 aliphatic heterocycles. The molecule has 5 heteroatoms. The molecule has 0 radical (unpaired) electrons. The number of alkyl halides is 3. The Kier molecular flexibility index (Phi) is 5.09. The maximum atomic E-state index is 12.8. The Morgan fingerprint density at radius 1 is 1.16 bits per heavy atom. The fourth-order valence-electron chi connectivity index (χ4n) is 3.48. The van der Waals surface area contributed by atoms with Crippen LogP contribution in [0.5, 0.6) is 0 Å². The minimum Gasteiger partial charge on any atom is -0.313 e. The van der Waals surface area contributed by atoms with Crippen molar-refractivity contribution in [2.24, 2.45) is 5.92 Å². The van der Waals surface area contributed by atoms with E-state index in [-0.39, 0.29) is 17.2 Å². The topological polar surface area (TPSA) is 12.0 Å². The molecule has 2 unspecified atom stereocenters. The van der Waals surface area contributed by atoms with E-state index in [2.05, 4.69) is 11.6 Å². The first-order valence-electron chi connectivity index (χ1n) is 7.30. The van der Waals surface area contributed by atoms with Crippen molar-refractivity contribution in [3.63, 3.8) is 0 Å². The Balaban J connectivity index is 1.82. The van der Waals surface area contributed by atoms with Gasteiger partial charge in [0.25, 0.3) is 0 Å². The number of hydrogen-bond donors (Lipinski definition) is 1. The lowest BCUT2D eigenvalue weighted by molar-refractivity contribution is -0.183. The van der Waals surface area contributed by atoms with Crippen LogP contribution in [-0.4, -0.2) is 29.8 Å². The van der Waals surface area contributed by atoms with Crippen LogP contribution in [0.15, 0.2) is 0 Å². The lowest BCUT2D eigenvalue weighted by Crippen LogP contribution is -2.44. The standard InChI is InChI=1S/C14H24F3NS/c1-19-13(7-2-3-8-13)10-18-12-6-4-5-11(9-12)14(15,16)17/h11-12,18H,2-10H2,1H3. The number of rotatable bonds is 4. The summed E-state index contributed by atoms with van der Waals surface area (Å²) in [4.78, 5) is 0. The minimum atomic E-state index is -4.01. The summed E-state index contributed by atoms with van der Waals surface area (Å²) in [6.07, 6.45) is 5.25. The molecule has 19 heavy (non-hydrogen) atoms. The van der Waals surface area contributed by atoms with E-state index >= 15 is 0 Å². The number of thioether (sulfide) groups is 1. The lowest BCUT2D eigenvalue weighted by atomic mass is 9.85. The van der Waals surface area contributed by atoms with Gasteiger partial charge in [-0.3, -0.25) is 0 Å². The molecule has 2 rings (SSSR count). The van der Waals surface area contributed by atoms with Gasteiger partial charge in [-0.15, -0.1) is 0 Å². The quantitative estimate of drug-likeness (QED) is 0.826. The molecule has 112 valence electrons. The second-order valence-corrected chi connectivity index (χ2v) is 7.35. The van der Waals surface area contributed by atoms with Crippen LogP contribution in [0.2, 0.25) is 0 Å². The third-order valence-electron chi connectivity index (χ3n) is 4.80. The number of nitrogens with one attached hydrogen (secondary N) is 1. The van der Waals surface area contributed by atoms with Crippen LogP contribution in [0.25, 0.3) is 0 Å². The second-order valence-electron chi connectivity index (χ2n) is 6.08. The highest BCUT2D eigenvalue weighted by atomic mass is 32.2. The van der Waals surface area contributed by atoms with Gasteiger partial charge in [-0.05, 0) is 38.4 Å². The van der Waals surface area contributed by atoms with Gasteiger partial charge < -0.3 is 5.32 Å². The van der Waals surface area contributed by atoms with E-state index in [0.29, 0.717) is 12.8 Å². The van der Waals surface area contributed by atoms with Gasteiger partial charge in [-0.1, -0.05) is 19.3 Å². The number of halogens is 3. The Morgan fingerprint density at radius 2 is 1.84 bits per heavy atom. The molecule has 2 aliphatic rings. The SMILES string of the molecule is CSC1(CNC2CCCC(C(F)(F)F)C2)CCCC1.